The Bertz CT molecular complexity index is 1440. The number of nitrogens with zero attached hydrogens (tertiary/aromatic N) is 3. The summed E-state index contributed by atoms with van der Waals surface area (Å²) in [5.74, 6) is -3.22. The van der Waals surface area contributed by atoms with Crippen LogP contribution in [-0.2, 0) is 0 Å². The van der Waals surface area contributed by atoms with E-state index in [4.69, 9.17) is 15.2 Å². The third kappa shape index (κ3) is 6.11. The van der Waals surface area contributed by atoms with Crippen molar-refractivity contribution in [3.63, 3.8) is 0 Å². The number of halogens is 2. The predicted molar refractivity (Wildman–Crippen MR) is 144 cm³/mol. The number of ether oxygens (including phenoxy) is 2. The summed E-state index contributed by atoms with van der Waals surface area (Å²) in [5, 5.41) is 2.80. The monoisotopic (exact) mass is 553 g/mol. The molecule has 2 heterocycles. The summed E-state index contributed by atoms with van der Waals surface area (Å²) in [6.07, 6.45) is 2.07. The molecule has 3 aromatic rings. The number of anilines is 2. The third-order valence-electron chi connectivity index (χ3n) is 6.47. The first-order valence-corrected chi connectivity index (χ1v) is 12.5. The molecule has 0 atom stereocenters. The third-order valence-corrected chi connectivity index (χ3v) is 6.47. The number of benzene rings is 2. The van der Waals surface area contributed by atoms with Gasteiger partial charge in [-0.05, 0) is 36.4 Å². The molecule has 0 saturated carbocycles. The number of carbonyl (C=O) groups excluding carboxylic acids is 3. The van der Waals surface area contributed by atoms with E-state index in [1.165, 1.54) is 42.5 Å². The second kappa shape index (κ2) is 12.0. The highest BCUT2D eigenvalue weighted by atomic mass is 19.1. The lowest BCUT2D eigenvalue weighted by Gasteiger charge is -2.35. The first kappa shape index (κ1) is 28.3. The number of nitrogens with one attached hydrogen (secondary N) is 1. The number of piperidine rings is 1. The minimum absolute atomic E-state index is 0.0390. The van der Waals surface area contributed by atoms with Crippen molar-refractivity contribution in [3.05, 3.63) is 77.0 Å². The molecule has 1 aromatic heterocycles. The quantitative estimate of drug-likeness (QED) is 0.437. The first-order valence-electron chi connectivity index (χ1n) is 12.5. The van der Waals surface area contributed by atoms with Crippen molar-refractivity contribution >= 4 is 29.1 Å². The molecule has 10 nitrogen and oxygen atoms in total. The number of carbonyl (C=O) groups is 3. The maximum absolute atomic E-state index is 14.1. The van der Waals surface area contributed by atoms with Gasteiger partial charge in [-0.15, -0.1) is 0 Å². The van der Waals surface area contributed by atoms with E-state index in [2.05, 4.69) is 10.3 Å². The van der Waals surface area contributed by atoms with Gasteiger partial charge < -0.3 is 30.3 Å². The van der Waals surface area contributed by atoms with Crippen LogP contribution in [0, 0.1) is 11.6 Å². The number of methoxy groups -OCH3 is 1. The summed E-state index contributed by atoms with van der Waals surface area (Å²) < 4.78 is 38.3. The fourth-order valence-electron chi connectivity index (χ4n) is 4.45. The van der Waals surface area contributed by atoms with Gasteiger partial charge >= 0.3 is 0 Å². The smallest absolute Gasteiger partial charge is 0.261 e. The maximum atomic E-state index is 14.1. The summed E-state index contributed by atoms with van der Waals surface area (Å²) in [7, 11) is 4.49. The lowest BCUT2D eigenvalue weighted by atomic mass is 10.00. The zero-order chi connectivity index (χ0) is 29.0. The average molecular weight is 554 g/mol. The zero-order valence-corrected chi connectivity index (χ0v) is 22.2. The Kier molecular flexibility index (Phi) is 8.46. The molecule has 1 aliphatic heterocycles. The van der Waals surface area contributed by atoms with E-state index in [0.29, 0.717) is 31.6 Å². The average Bonchev–Trinajstić information content (AvgIpc) is 2.94. The van der Waals surface area contributed by atoms with Gasteiger partial charge in [-0.2, -0.15) is 0 Å². The molecule has 210 valence electrons. The number of aromatic nitrogens is 1. The molecular weight excluding hydrogens is 524 g/mol. The Labute approximate surface area is 229 Å². The SMILES string of the molecule is COc1ncccc1C(=O)Nc1cc(C(N)=O)c(C(=O)N(C)C)cc1N1CCC(Oc2ccc(F)cc2F)CC1. The molecule has 0 spiro atoms. The van der Waals surface area contributed by atoms with E-state index >= 15 is 0 Å². The molecule has 3 amide bonds. The highest BCUT2D eigenvalue weighted by Gasteiger charge is 2.28. The van der Waals surface area contributed by atoms with Crippen LogP contribution in [0.1, 0.15) is 43.9 Å². The largest absolute Gasteiger partial charge is 0.487 e. The number of nitrogens with two attached hydrogens (primary N) is 1. The van der Waals surface area contributed by atoms with Gasteiger partial charge in [-0.25, -0.2) is 13.8 Å². The molecule has 0 bridgehead atoms. The summed E-state index contributed by atoms with van der Waals surface area (Å²) in [4.78, 5) is 45.8. The highest BCUT2D eigenvalue weighted by Crippen LogP contribution is 2.34. The van der Waals surface area contributed by atoms with Crippen LogP contribution in [0.15, 0.2) is 48.7 Å². The molecule has 3 N–H and O–H groups in total. The summed E-state index contributed by atoms with van der Waals surface area (Å²) in [6.45, 7) is 0.830. The molecule has 0 radical (unpaired) electrons. The van der Waals surface area contributed by atoms with Crippen molar-refractivity contribution in [2.75, 3.05) is 44.5 Å². The molecule has 0 aliphatic carbocycles. The molecule has 40 heavy (non-hydrogen) atoms. The minimum atomic E-state index is -0.834. The Morgan fingerprint density at radius 3 is 2.40 bits per heavy atom. The Morgan fingerprint density at radius 1 is 1.05 bits per heavy atom. The zero-order valence-electron chi connectivity index (χ0n) is 22.2. The maximum Gasteiger partial charge on any atom is 0.261 e. The van der Waals surface area contributed by atoms with Gasteiger partial charge in [0, 0.05) is 52.3 Å². The normalized spacial score (nSPS) is 13.5. The van der Waals surface area contributed by atoms with E-state index < -0.39 is 29.4 Å². The van der Waals surface area contributed by atoms with E-state index in [-0.39, 0.29) is 40.1 Å². The summed E-state index contributed by atoms with van der Waals surface area (Å²) >= 11 is 0. The molecule has 1 fully saturated rings. The summed E-state index contributed by atoms with van der Waals surface area (Å²) in [6, 6.07) is 9.17. The standard InChI is InChI=1S/C28H29F2N5O5/c1-34(2)28(38)20-15-23(35-11-8-17(9-12-35)40-24-7-6-16(29)13-21(24)30)22(14-19(20)25(31)36)33-26(37)18-5-4-10-32-27(18)39-3/h4-7,10,13-15,17H,8-9,11-12H2,1-3H3,(H2,31,36)(H,33,37). The van der Waals surface area contributed by atoms with Gasteiger partial charge in [-0.3, -0.25) is 14.4 Å². The highest BCUT2D eigenvalue weighted by molar-refractivity contribution is 6.12. The Hall–Kier alpha value is -4.74. The van der Waals surface area contributed by atoms with Gasteiger partial charge in [0.05, 0.1) is 29.6 Å². The first-order chi connectivity index (χ1) is 19.1. The number of hydrogen-bond acceptors (Lipinski definition) is 7. The fraction of sp³-hybridized carbons (Fsp3) is 0.286. The van der Waals surface area contributed by atoms with Gasteiger partial charge in [0.1, 0.15) is 17.5 Å². The van der Waals surface area contributed by atoms with Crippen LogP contribution in [0.4, 0.5) is 20.2 Å². The van der Waals surface area contributed by atoms with Crippen LogP contribution < -0.4 is 25.4 Å². The molecule has 1 aliphatic rings. The van der Waals surface area contributed by atoms with Crippen LogP contribution in [0.5, 0.6) is 11.6 Å². The second-order valence-corrected chi connectivity index (χ2v) is 9.37. The molecule has 1 saturated heterocycles. The second-order valence-electron chi connectivity index (χ2n) is 9.37. The molecular formula is C28H29F2N5O5. The molecule has 2 aromatic carbocycles. The Morgan fingerprint density at radius 2 is 1.77 bits per heavy atom. The minimum Gasteiger partial charge on any atom is -0.487 e. The number of amides is 3. The van der Waals surface area contributed by atoms with Gasteiger partial charge in [0.25, 0.3) is 11.8 Å². The van der Waals surface area contributed by atoms with Crippen molar-refractivity contribution in [1.29, 1.82) is 0 Å². The molecule has 0 unspecified atom stereocenters. The number of hydrogen-bond donors (Lipinski definition) is 2. The van der Waals surface area contributed by atoms with Crippen LogP contribution in [-0.4, -0.2) is 68.0 Å². The number of rotatable bonds is 8. The van der Waals surface area contributed by atoms with Crippen molar-refractivity contribution in [2.24, 2.45) is 5.73 Å². The van der Waals surface area contributed by atoms with Gasteiger partial charge in [0.2, 0.25) is 11.8 Å². The van der Waals surface area contributed by atoms with E-state index in [0.717, 1.165) is 12.1 Å². The van der Waals surface area contributed by atoms with Crippen LogP contribution in [0.25, 0.3) is 0 Å². The lowest BCUT2D eigenvalue weighted by molar-refractivity contribution is 0.0820. The van der Waals surface area contributed by atoms with Crippen LogP contribution in [0.3, 0.4) is 0 Å². The van der Waals surface area contributed by atoms with Gasteiger partial charge in [0.15, 0.2) is 11.6 Å². The van der Waals surface area contributed by atoms with Crippen LogP contribution >= 0.6 is 0 Å². The number of pyridine rings is 1. The molecule has 4 rings (SSSR count). The number of primary amides is 1. The van der Waals surface area contributed by atoms with Crippen molar-refractivity contribution in [1.82, 2.24) is 9.88 Å². The fourth-order valence-corrected chi connectivity index (χ4v) is 4.45. The van der Waals surface area contributed by atoms with Crippen molar-refractivity contribution < 1.29 is 32.6 Å². The summed E-state index contributed by atoms with van der Waals surface area (Å²) in [5.41, 5.74) is 6.54. The van der Waals surface area contributed by atoms with E-state index in [1.807, 2.05) is 4.90 Å². The van der Waals surface area contributed by atoms with E-state index in [9.17, 15) is 23.2 Å². The van der Waals surface area contributed by atoms with Crippen molar-refractivity contribution in [2.45, 2.75) is 18.9 Å². The van der Waals surface area contributed by atoms with Crippen molar-refractivity contribution in [3.8, 4) is 11.6 Å². The molecule has 12 heteroatoms. The van der Waals surface area contributed by atoms with E-state index in [1.54, 1.807) is 20.2 Å². The predicted octanol–water partition coefficient (Wildman–Crippen LogP) is 3.47. The van der Waals surface area contributed by atoms with Gasteiger partial charge in [-0.1, -0.05) is 0 Å². The Balaban J connectivity index is 1.66. The van der Waals surface area contributed by atoms with Crippen LogP contribution in [0.2, 0.25) is 0 Å². The topological polar surface area (TPSA) is 127 Å². The lowest BCUT2D eigenvalue weighted by Crippen LogP contribution is -2.39.